The van der Waals surface area contributed by atoms with E-state index >= 15 is 0 Å². The first kappa shape index (κ1) is 11.9. The normalized spacial score (nSPS) is 12.9. The second-order valence-electron chi connectivity index (χ2n) is 4.17. The predicted molar refractivity (Wildman–Crippen MR) is 66.6 cm³/mol. The van der Waals surface area contributed by atoms with E-state index in [1.807, 2.05) is 10.7 Å². The summed E-state index contributed by atoms with van der Waals surface area (Å²) < 4.78 is 7.05. The quantitative estimate of drug-likeness (QED) is 0.862. The minimum absolute atomic E-state index is 0.0275. The molecule has 4 heteroatoms. The lowest BCUT2D eigenvalue weighted by Crippen LogP contribution is -2.17. The smallest absolute Gasteiger partial charge is 0.0935 e. The molecule has 0 aromatic carbocycles. The van der Waals surface area contributed by atoms with Crippen molar-refractivity contribution in [3.05, 3.63) is 41.6 Å². The third kappa shape index (κ3) is 2.58. The molecule has 0 amide bonds. The Balaban J connectivity index is 2.17. The molecule has 0 saturated carbocycles. The number of hydrogen-bond acceptors (Lipinski definition) is 3. The Morgan fingerprint density at radius 3 is 2.88 bits per heavy atom. The van der Waals surface area contributed by atoms with Crippen molar-refractivity contribution in [3.8, 4) is 0 Å². The van der Waals surface area contributed by atoms with Crippen molar-refractivity contribution >= 4 is 0 Å². The fraction of sp³-hybridized carbons (Fsp3) is 0.462. The zero-order valence-corrected chi connectivity index (χ0v) is 10.4. The van der Waals surface area contributed by atoms with Crippen LogP contribution < -0.4 is 5.73 Å². The van der Waals surface area contributed by atoms with Gasteiger partial charge in [0.25, 0.3) is 0 Å². The molecular weight excluding hydrogens is 214 g/mol. The minimum Gasteiger partial charge on any atom is -0.472 e. The van der Waals surface area contributed by atoms with Crippen molar-refractivity contribution in [1.82, 2.24) is 9.78 Å². The van der Waals surface area contributed by atoms with Crippen LogP contribution in [-0.4, -0.2) is 9.78 Å². The summed E-state index contributed by atoms with van der Waals surface area (Å²) in [5.74, 6) is 0. The van der Waals surface area contributed by atoms with E-state index in [1.54, 1.807) is 12.5 Å². The highest BCUT2D eigenvalue weighted by Crippen LogP contribution is 2.18. The molecule has 0 fully saturated rings. The maximum Gasteiger partial charge on any atom is 0.0935 e. The summed E-state index contributed by atoms with van der Waals surface area (Å²) in [6.45, 7) is 5.04. The standard InChI is InChI=1S/C13H19N3O/c1-3-11-8-13(16(4-2)15-11)12(14)7-10-5-6-17-9-10/h5-6,8-9,12H,3-4,7,14H2,1-2H3. The molecule has 2 rings (SSSR count). The number of nitrogens with zero attached hydrogens (tertiary/aromatic N) is 2. The summed E-state index contributed by atoms with van der Waals surface area (Å²) >= 11 is 0. The van der Waals surface area contributed by atoms with Crippen LogP contribution in [0.4, 0.5) is 0 Å². The fourth-order valence-electron chi connectivity index (χ4n) is 1.98. The van der Waals surface area contributed by atoms with Crippen LogP contribution in [0.25, 0.3) is 0 Å². The van der Waals surface area contributed by atoms with Gasteiger partial charge in [0.1, 0.15) is 0 Å². The van der Waals surface area contributed by atoms with Crippen LogP contribution in [0.1, 0.15) is 36.8 Å². The molecule has 17 heavy (non-hydrogen) atoms. The van der Waals surface area contributed by atoms with Gasteiger partial charge in [0.05, 0.1) is 30.0 Å². The number of aryl methyl sites for hydroxylation is 2. The lowest BCUT2D eigenvalue weighted by molar-refractivity contribution is 0.549. The second-order valence-corrected chi connectivity index (χ2v) is 4.17. The summed E-state index contributed by atoms with van der Waals surface area (Å²) in [4.78, 5) is 0. The average molecular weight is 233 g/mol. The largest absolute Gasteiger partial charge is 0.472 e. The first-order valence-electron chi connectivity index (χ1n) is 6.07. The van der Waals surface area contributed by atoms with Gasteiger partial charge in [0.15, 0.2) is 0 Å². The number of rotatable bonds is 5. The maximum atomic E-state index is 6.23. The highest BCUT2D eigenvalue weighted by molar-refractivity contribution is 5.18. The average Bonchev–Trinajstić information content (AvgIpc) is 2.96. The van der Waals surface area contributed by atoms with E-state index in [2.05, 4.69) is 25.0 Å². The van der Waals surface area contributed by atoms with Crippen LogP contribution in [0.5, 0.6) is 0 Å². The monoisotopic (exact) mass is 233 g/mol. The fourth-order valence-corrected chi connectivity index (χ4v) is 1.98. The van der Waals surface area contributed by atoms with Gasteiger partial charge in [-0.1, -0.05) is 6.92 Å². The topological polar surface area (TPSA) is 57.0 Å². The maximum absolute atomic E-state index is 6.23. The third-order valence-electron chi connectivity index (χ3n) is 2.94. The van der Waals surface area contributed by atoms with E-state index in [0.717, 1.165) is 36.3 Å². The van der Waals surface area contributed by atoms with Gasteiger partial charge in [-0.05, 0) is 37.5 Å². The van der Waals surface area contributed by atoms with Gasteiger partial charge in [-0.3, -0.25) is 4.68 Å². The number of nitrogens with two attached hydrogens (primary N) is 1. The van der Waals surface area contributed by atoms with E-state index < -0.39 is 0 Å². The first-order chi connectivity index (χ1) is 8.24. The lowest BCUT2D eigenvalue weighted by atomic mass is 10.1. The van der Waals surface area contributed by atoms with Gasteiger partial charge in [-0.2, -0.15) is 5.10 Å². The first-order valence-corrected chi connectivity index (χ1v) is 6.07. The molecule has 2 aromatic heterocycles. The van der Waals surface area contributed by atoms with Crippen molar-refractivity contribution in [2.75, 3.05) is 0 Å². The number of aromatic nitrogens is 2. The van der Waals surface area contributed by atoms with E-state index in [9.17, 15) is 0 Å². The highest BCUT2D eigenvalue weighted by Gasteiger charge is 2.14. The third-order valence-corrected chi connectivity index (χ3v) is 2.94. The van der Waals surface area contributed by atoms with Crippen LogP contribution in [0.2, 0.25) is 0 Å². The molecule has 0 bridgehead atoms. The van der Waals surface area contributed by atoms with Crippen molar-refractivity contribution in [3.63, 3.8) is 0 Å². The Morgan fingerprint density at radius 1 is 1.47 bits per heavy atom. The van der Waals surface area contributed by atoms with Gasteiger partial charge in [-0.25, -0.2) is 0 Å². The zero-order chi connectivity index (χ0) is 12.3. The van der Waals surface area contributed by atoms with Gasteiger partial charge in [-0.15, -0.1) is 0 Å². The van der Waals surface area contributed by atoms with Crippen LogP contribution in [-0.2, 0) is 19.4 Å². The summed E-state index contributed by atoms with van der Waals surface area (Å²) in [5.41, 5.74) is 9.56. The summed E-state index contributed by atoms with van der Waals surface area (Å²) in [6.07, 6.45) is 5.15. The Labute approximate surface area is 101 Å². The Hall–Kier alpha value is -1.55. The highest BCUT2D eigenvalue weighted by atomic mass is 16.3. The van der Waals surface area contributed by atoms with Crippen LogP contribution in [0, 0.1) is 0 Å². The predicted octanol–water partition coefficient (Wildman–Crippen LogP) is 2.30. The number of furan rings is 1. The van der Waals surface area contributed by atoms with Gasteiger partial charge in [0.2, 0.25) is 0 Å². The van der Waals surface area contributed by atoms with Gasteiger partial charge >= 0.3 is 0 Å². The van der Waals surface area contributed by atoms with Crippen LogP contribution in [0.3, 0.4) is 0 Å². The summed E-state index contributed by atoms with van der Waals surface area (Å²) in [6, 6.07) is 4.03. The number of hydrogen-bond donors (Lipinski definition) is 1. The molecule has 0 spiro atoms. The molecule has 0 radical (unpaired) electrons. The van der Waals surface area contributed by atoms with Crippen molar-refractivity contribution in [2.45, 2.75) is 39.3 Å². The Morgan fingerprint density at radius 2 is 2.29 bits per heavy atom. The van der Waals surface area contributed by atoms with Crippen molar-refractivity contribution < 1.29 is 4.42 Å². The summed E-state index contributed by atoms with van der Waals surface area (Å²) in [5, 5.41) is 4.51. The van der Waals surface area contributed by atoms with Gasteiger partial charge < -0.3 is 10.2 Å². The molecule has 4 nitrogen and oxygen atoms in total. The molecule has 1 unspecified atom stereocenters. The van der Waals surface area contributed by atoms with E-state index in [0.29, 0.717) is 0 Å². The Kier molecular flexibility index (Phi) is 3.64. The second kappa shape index (κ2) is 5.19. The van der Waals surface area contributed by atoms with Crippen molar-refractivity contribution in [2.24, 2.45) is 5.73 Å². The van der Waals surface area contributed by atoms with E-state index in [4.69, 9.17) is 10.2 Å². The van der Waals surface area contributed by atoms with Crippen LogP contribution >= 0.6 is 0 Å². The van der Waals surface area contributed by atoms with Gasteiger partial charge in [0, 0.05) is 6.54 Å². The molecule has 2 heterocycles. The molecule has 2 N–H and O–H groups in total. The Bertz CT molecular complexity index is 459. The van der Waals surface area contributed by atoms with Crippen molar-refractivity contribution in [1.29, 1.82) is 0 Å². The molecule has 0 saturated heterocycles. The molecule has 0 aliphatic carbocycles. The van der Waals surface area contributed by atoms with Crippen LogP contribution in [0.15, 0.2) is 29.1 Å². The molecule has 92 valence electrons. The van der Waals surface area contributed by atoms with E-state index in [1.165, 1.54) is 0 Å². The summed E-state index contributed by atoms with van der Waals surface area (Å²) in [7, 11) is 0. The van der Waals surface area contributed by atoms with E-state index in [-0.39, 0.29) is 6.04 Å². The molecule has 0 aliphatic rings. The minimum atomic E-state index is -0.0275. The molecule has 2 aromatic rings. The lowest BCUT2D eigenvalue weighted by Gasteiger charge is -2.11. The molecule has 0 aliphatic heterocycles. The SMILES string of the molecule is CCc1cc(C(N)Cc2ccoc2)n(CC)n1. The molecule has 1 atom stereocenters. The molecular formula is C13H19N3O. The zero-order valence-electron chi connectivity index (χ0n) is 10.4.